The number of halogens is 2. The highest BCUT2D eigenvalue weighted by atomic mass is 32.2. The second-order valence-corrected chi connectivity index (χ2v) is 9.70. The van der Waals surface area contributed by atoms with Crippen LogP contribution in [0.25, 0.3) is 0 Å². The average molecular weight is 442 g/mol. The van der Waals surface area contributed by atoms with Crippen molar-refractivity contribution in [1.29, 1.82) is 0 Å². The predicted octanol–water partition coefficient (Wildman–Crippen LogP) is 1.87. The van der Waals surface area contributed by atoms with E-state index < -0.39 is 26.6 Å². The molecule has 1 saturated carbocycles. The number of aromatic nitrogens is 3. The molecule has 1 aliphatic heterocycles. The Kier molecular flexibility index (Phi) is 5.78. The van der Waals surface area contributed by atoms with Crippen molar-refractivity contribution in [3.05, 3.63) is 46.1 Å². The molecule has 2 aliphatic rings. The van der Waals surface area contributed by atoms with Crippen LogP contribution >= 0.6 is 0 Å². The molecule has 1 saturated heterocycles. The van der Waals surface area contributed by atoms with Gasteiger partial charge in [-0.3, -0.25) is 4.57 Å². The molecule has 30 heavy (non-hydrogen) atoms. The van der Waals surface area contributed by atoms with Crippen LogP contribution in [0.1, 0.15) is 43.5 Å². The van der Waals surface area contributed by atoms with E-state index in [1.54, 1.807) is 11.7 Å². The van der Waals surface area contributed by atoms with Crippen molar-refractivity contribution in [2.75, 3.05) is 26.8 Å². The summed E-state index contributed by atoms with van der Waals surface area (Å²) < 4.78 is 62.5. The van der Waals surface area contributed by atoms with Crippen LogP contribution in [0, 0.1) is 11.6 Å². The maximum atomic E-state index is 13.6. The molecule has 2 aromatic rings. The van der Waals surface area contributed by atoms with Gasteiger partial charge in [-0.15, -0.1) is 0 Å². The molecule has 2 fully saturated rings. The second-order valence-electron chi connectivity index (χ2n) is 7.77. The third-order valence-corrected chi connectivity index (χ3v) is 7.38. The third kappa shape index (κ3) is 4.06. The number of ether oxygens (including phenoxy) is 1. The summed E-state index contributed by atoms with van der Waals surface area (Å²) in [6, 6.07) is 2.37. The van der Waals surface area contributed by atoms with E-state index in [1.165, 1.54) is 8.99 Å². The second kappa shape index (κ2) is 8.20. The first-order valence-corrected chi connectivity index (χ1v) is 11.4. The maximum absolute atomic E-state index is 13.6. The molecule has 1 unspecified atom stereocenters. The van der Waals surface area contributed by atoms with Crippen LogP contribution in [0.5, 0.6) is 0 Å². The minimum atomic E-state index is -4.07. The summed E-state index contributed by atoms with van der Waals surface area (Å²) in [6.07, 6.45) is 3.02. The van der Waals surface area contributed by atoms with Crippen molar-refractivity contribution in [2.24, 2.45) is 0 Å². The van der Waals surface area contributed by atoms with E-state index in [0.29, 0.717) is 37.9 Å². The summed E-state index contributed by atoms with van der Waals surface area (Å²) in [5.41, 5.74) is -0.211. The summed E-state index contributed by atoms with van der Waals surface area (Å²) in [7, 11) is -2.53. The fourth-order valence-corrected chi connectivity index (χ4v) is 5.48. The Balaban J connectivity index is 1.64. The lowest BCUT2D eigenvalue weighted by atomic mass is 9.99. The third-order valence-electron chi connectivity index (χ3n) is 5.54. The van der Waals surface area contributed by atoms with Gasteiger partial charge < -0.3 is 4.74 Å². The fraction of sp³-hybridized carbons (Fsp3) is 0.579. The van der Waals surface area contributed by atoms with Gasteiger partial charge in [0, 0.05) is 38.2 Å². The van der Waals surface area contributed by atoms with Crippen molar-refractivity contribution in [2.45, 2.75) is 49.1 Å². The van der Waals surface area contributed by atoms with E-state index in [0.717, 1.165) is 25.0 Å². The Labute approximate surface area is 173 Å². The summed E-state index contributed by atoms with van der Waals surface area (Å²) in [6.45, 7) is 1.01. The Morgan fingerprint density at radius 2 is 1.87 bits per heavy atom. The Morgan fingerprint density at radius 3 is 2.50 bits per heavy atom. The van der Waals surface area contributed by atoms with E-state index in [2.05, 4.69) is 5.10 Å². The van der Waals surface area contributed by atoms with E-state index in [1.807, 2.05) is 0 Å². The zero-order valence-corrected chi connectivity index (χ0v) is 17.4. The van der Waals surface area contributed by atoms with Crippen molar-refractivity contribution in [3.8, 4) is 0 Å². The molecular formula is C19H24F2N4O4S. The van der Waals surface area contributed by atoms with Crippen molar-refractivity contribution < 1.29 is 21.9 Å². The normalized spacial score (nSPS) is 20.6. The van der Waals surface area contributed by atoms with Gasteiger partial charge in [0.05, 0.1) is 18.0 Å². The van der Waals surface area contributed by atoms with Gasteiger partial charge in [-0.25, -0.2) is 26.7 Å². The Hall–Kier alpha value is -2.11. The van der Waals surface area contributed by atoms with Crippen LogP contribution in [-0.4, -0.2) is 53.9 Å². The monoisotopic (exact) mass is 442 g/mol. The highest BCUT2D eigenvalue weighted by molar-refractivity contribution is 7.89. The largest absolute Gasteiger partial charge is 0.383 e. The molecule has 0 N–H and O–H groups in total. The number of sulfonamides is 1. The summed E-state index contributed by atoms with van der Waals surface area (Å²) in [5.74, 6) is -1.59. The lowest BCUT2D eigenvalue weighted by molar-refractivity contribution is 0.182. The van der Waals surface area contributed by atoms with Gasteiger partial charge in [-0.2, -0.15) is 9.40 Å². The van der Waals surface area contributed by atoms with Crippen molar-refractivity contribution in [3.63, 3.8) is 0 Å². The van der Waals surface area contributed by atoms with Gasteiger partial charge in [0.15, 0.2) is 0 Å². The first-order chi connectivity index (χ1) is 14.3. The van der Waals surface area contributed by atoms with Gasteiger partial charge >= 0.3 is 5.69 Å². The molecule has 1 aliphatic carbocycles. The minimum absolute atomic E-state index is 0.0908. The zero-order valence-electron chi connectivity index (χ0n) is 16.6. The first-order valence-electron chi connectivity index (χ1n) is 9.95. The van der Waals surface area contributed by atoms with Crippen LogP contribution in [0.2, 0.25) is 0 Å². The number of rotatable bonds is 7. The molecule has 11 heteroatoms. The van der Waals surface area contributed by atoms with E-state index in [-0.39, 0.29) is 30.7 Å². The predicted molar refractivity (Wildman–Crippen MR) is 104 cm³/mol. The summed E-state index contributed by atoms with van der Waals surface area (Å²) >= 11 is 0. The Morgan fingerprint density at radius 1 is 1.17 bits per heavy atom. The molecule has 0 bridgehead atoms. The van der Waals surface area contributed by atoms with Gasteiger partial charge in [-0.1, -0.05) is 0 Å². The number of benzene rings is 1. The topological polar surface area (TPSA) is 86.4 Å². The first kappa shape index (κ1) is 21.1. The highest BCUT2D eigenvalue weighted by Crippen LogP contribution is 2.37. The van der Waals surface area contributed by atoms with Gasteiger partial charge in [0.2, 0.25) is 10.0 Å². The quantitative estimate of drug-likeness (QED) is 0.654. The van der Waals surface area contributed by atoms with Crippen molar-refractivity contribution in [1.82, 2.24) is 18.7 Å². The molecule has 1 aromatic heterocycles. The van der Waals surface area contributed by atoms with Gasteiger partial charge in [0.25, 0.3) is 0 Å². The van der Waals surface area contributed by atoms with Crippen LogP contribution < -0.4 is 5.69 Å². The molecule has 2 heterocycles. The molecule has 0 spiro atoms. The van der Waals surface area contributed by atoms with E-state index in [9.17, 15) is 22.0 Å². The smallest absolute Gasteiger partial charge is 0.346 e. The van der Waals surface area contributed by atoms with E-state index in [4.69, 9.17) is 4.74 Å². The van der Waals surface area contributed by atoms with Crippen LogP contribution in [0.3, 0.4) is 0 Å². The lowest BCUT2D eigenvalue weighted by Gasteiger charge is -2.31. The summed E-state index contributed by atoms with van der Waals surface area (Å²) in [4.78, 5) is 12.4. The van der Waals surface area contributed by atoms with Gasteiger partial charge in [-0.05, 0) is 37.8 Å². The maximum Gasteiger partial charge on any atom is 0.346 e. The molecule has 8 nitrogen and oxygen atoms in total. The number of nitrogens with zero attached hydrogens (tertiary/aromatic N) is 4. The molecule has 1 aromatic carbocycles. The molecule has 0 radical (unpaired) electrons. The Bertz CT molecular complexity index is 1070. The number of hydrogen-bond acceptors (Lipinski definition) is 5. The number of hydrogen-bond donors (Lipinski definition) is 0. The van der Waals surface area contributed by atoms with Crippen LogP contribution in [0.15, 0.2) is 27.9 Å². The molecule has 0 amide bonds. The van der Waals surface area contributed by atoms with Gasteiger partial charge in [0.1, 0.15) is 17.5 Å². The SMILES string of the molecule is COCCn1nc(C2CCCN(S(=O)(=O)c3cc(F)cc(F)c3)C2)n(C2CC2)c1=O. The lowest BCUT2D eigenvalue weighted by Crippen LogP contribution is -2.40. The molecule has 164 valence electrons. The fourth-order valence-electron chi connectivity index (χ4n) is 3.91. The van der Waals surface area contributed by atoms with Crippen LogP contribution in [0.4, 0.5) is 8.78 Å². The average Bonchev–Trinajstić information content (AvgIpc) is 3.49. The molecule has 1 atom stereocenters. The summed E-state index contributed by atoms with van der Waals surface area (Å²) in [5, 5.41) is 4.50. The van der Waals surface area contributed by atoms with E-state index >= 15 is 0 Å². The number of methoxy groups -OCH3 is 1. The molecule has 4 rings (SSSR count). The van der Waals surface area contributed by atoms with Crippen molar-refractivity contribution >= 4 is 10.0 Å². The van der Waals surface area contributed by atoms with Crippen LogP contribution in [-0.2, 0) is 21.3 Å². The number of piperidine rings is 1. The highest BCUT2D eigenvalue weighted by Gasteiger charge is 2.37. The zero-order chi connectivity index (χ0) is 21.5. The molecular weight excluding hydrogens is 418 g/mol. The standard InChI is InChI=1S/C19H24F2N4O4S/c1-29-8-7-24-19(26)25(16-4-5-16)18(22-24)13-3-2-6-23(12-13)30(27,28)17-10-14(20)9-15(21)11-17/h9-11,13,16H,2-8,12H2,1H3. The minimum Gasteiger partial charge on any atom is -0.383 e.